The maximum absolute atomic E-state index is 12.0. The van der Waals surface area contributed by atoms with Crippen LogP contribution in [0.25, 0.3) is 0 Å². The molecule has 0 aromatic heterocycles. The Labute approximate surface area is 136 Å². The van der Waals surface area contributed by atoms with Crippen LogP contribution >= 0.6 is 15.9 Å². The van der Waals surface area contributed by atoms with E-state index in [2.05, 4.69) is 33.1 Å². The molecular formula is C15H29BrN2O3. The van der Waals surface area contributed by atoms with Crippen molar-refractivity contribution in [2.75, 3.05) is 32.8 Å². The fourth-order valence-electron chi connectivity index (χ4n) is 2.25. The second kappa shape index (κ2) is 8.96. The summed E-state index contributed by atoms with van der Waals surface area (Å²) < 4.78 is 10.7. The van der Waals surface area contributed by atoms with Gasteiger partial charge in [0.25, 0.3) is 0 Å². The maximum Gasteiger partial charge on any atom is 0.407 e. The number of alkyl halides is 1. The molecule has 0 unspecified atom stereocenters. The third-order valence-electron chi connectivity index (χ3n) is 3.26. The molecule has 1 heterocycles. The molecule has 0 spiro atoms. The highest BCUT2D eigenvalue weighted by molar-refractivity contribution is 9.09. The summed E-state index contributed by atoms with van der Waals surface area (Å²) in [5.41, 5.74) is -0.472. The standard InChI is InChI=1S/C15H29BrN2O3/c1-5-6-12(16)13(11-18-7-9-20-10-8-18)17-14(19)21-15(2,3)4/h12-13H,5-11H2,1-4H3,(H,17,19)/t12-,13+/m1/s1. The van der Waals surface area contributed by atoms with Gasteiger partial charge in [0, 0.05) is 24.5 Å². The molecule has 6 heteroatoms. The Hall–Kier alpha value is -0.330. The zero-order valence-corrected chi connectivity index (χ0v) is 15.2. The molecule has 1 aliphatic heterocycles. The van der Waals surface area contributed by atoms with Crippen LogP contribution in [-0.4, -0.2) is 60.3 Å². The van der Waals surface area contributed by atoms with Crippen LogP contribution in [0.4, 0.5) is 4.79 Å². The van der Waals surface area contributed by atoms with Crippen molar-refractivity contribution in [2.24, 2.45) is 0 Å². The van der Waals surface area contributed by atoms with Gasteiger partial charge in [0.2, 0.25) is 0 Å². The van der Waals surface area contributed by atoms with Crippen LogP contribution < -0.4 is 5.32 Å². The summed E-state index contributed by atoms with van der Waals surface area (Å²) in [5.74, 6) is 0. The molecule has 1 rings (SSSR count). The molecule has 1 fully saturated rings. The van der Waals surface area contributed by atoms with Gasteiger partial charge < -0.3 is 14.8 Å². The molecule has 1 N–H and O–H groups in total. The third kappa shape index (κ3) is 8.02. The van der Waals surface area contributed by atoms with Crippen molar-refractivity contribution >= 4 is 22.0 Å². The maximum atomic E-state index is 12.0. The average Bonchev–Trinajstić information content (AvgIpc) is 2.37. The number of ether oxygens (including phenoxy) is 2. The summed E-state index contributed by atoms with van der Waals surface area (Å²) in [6.07, 6.45) is 1.75. The second-order valence-electron chi connectivity index (χ2n) is 6.47. The quantitative estimate of drug-likeness (QED) is 0.736. The first-order valence-corrected chi connectivity index (χ1v) is 8.67. The van der Waals surface area contributed by atoms with Gasteiger partial charge in [-0.2, -0.15) is 0 Å². The first-order chi connectivity index (χ1) is 9.81. The van der Waals surface area contributed by atoms with Gasteiger partial charge in [-0.1, -0.05) is 29.3 Å². The SMILES string of the molecule is CCC[C@@H](Br)[C@H](CN1CCOCC1)NC(=O)OC(C)(C)C. The van der Waals surface area contributed by atoms with Gasteiger partial charge in [0.15, 0.2) is 0 Å². The Bertz CT molecular complexity index is 315. The second-order valence-corrected chi connectivity index (χ2v) is 7.65. The van der Waals surface area contributed by atoms with Crippen LogP contribution in [0.2, 0.25) is 0 Å². The minimum absolute atomic E-state index is 0.0397. The number of amides is 1. The number of nitrogens with zero attached hydrogens (tertiary/aromatic N) is 1. The van der Waals surface area contributed by atoms with E-state index in [1.807, 2.05) is 20.8 Å². The Kier molecular flexibility index (Phi) is 7.98. The molecule has 124 valence electrons. The van der Waals surface area contributed by atoms with E-state index in [1.54, 1.807) is 0 Å². The molecule has 0 saturated carbocycles. The molecule has 0 radical (unpaired) electrons. The molecule has 5 nitrogen and oxygen atoms in total. The number of hydrogen-bond donors (Lipinski definition) is 1. The molecule has 0 aliphatic carbocycles. The molecule has 0 aromatic rings. The fourth-order valence-corrected chi connectivity index (χ4v) is 3.01. The van der Waals surface area contributed by atoms with E-state index in [0.29, 0.717) is 0 Å². The van der Waals surface area contributed by atoms with Gasteiger partial charge in [-0.15, -0.1) is 0 Å². The zero-order chi connectivity index (χ0) is 15.9. The van der Waals surface area contributed by atoms with Crippen LogP contribution in [0, 0.1) is 0 Å². The summed E-state index contributed by atoms with van der Waals surface area (Å²) in [6, 6.07) is 0.0397. The van der Waals surface area contributed by atoms with Crippen molar-refractivity contribution in [3.8, 4) is 0 Å². The summed E-state index contributed by atoms with van der Waals surface area (Å²) in [4.78, 5) is 14.6. The third-order valence-corrected chi connectivity index (χ3v) is 4.36. The molecule has 1 amide bonds. The van der Waals surface area contributed by atoms with Crippen LogP contribution in [-0.2, 0) is 9.47 Å². The first kappa shape index (κ1) is 18.7. The number of carbonyl (C=O) groups excluding carboxylic acids is 1. The average molecular weight is 365 g/mol. The van der Waals surface area contributed by atoms with Crippen molar-refractivity contribution in [2.45, 2.75) is 57.0 Å². The molecule has 1 saturated heterocycles. The van der Waals surface area contributed by atoms with E-state index in [4.69, 9.17) is 9.47 Å². The highest BCUT2D eigenvalue weighted by atomic mass is 79.9. The smallest absolute Gasteiger partial charge is 0.407 e. The number of halogens is 1. The summed E-state index contributed by atoms with van der Waals surface area (Å²) in [7, 11) is 0. The van der Waals surface area contributed by atoms with Crippen molar-refractivity contribution in [1.29, 1.82) is 0 Å². The molecule has 0 aromatic carbocycles. The van der Waals surface area contributed by atoms with Gasteiger partial charge in [0.05, 0.1) is 19.3 Å². The van der Waals surface area contributed by atoms with E-state index >= 15 is 0 Å². The first-order valence-electron chi connectivity index (χ1n) is 7.75. The number of rotatable bonds is 6. The van der Waals surface area contributed by atoms with Crippen LogP contribution in [0.5, 0.6) is 0 Å². The van der Waals surface area contributed by atoms with Crippen molar-refractivity contribution in [3.63, 3.8) is 0 Å². The molecule has 21 heavy (non-hydrogen) atoms. The van der Waals surface area contributed by atoms with E-state index in [-0.39, 0.29) is 17.0 Å². The lowest BCUT2D eigenvalue weighted by Gasteiger charge is -2.33. The Morgan fingerprint density at radius 3 is 2.52 bits per heavy atom. The van der Waals surface area contributed by atoms with Crippen molar-refractivity contribution < 1.29 is 14.3 Å². The van der Waals surface area contributed by atoms with Gasteiger partial charge in [0.1, 0.15) is 5.60 Å². The summed E-state index contributed by atoms with van der Waals surface area (Å²) in [5, 5.41) is 3.01. The van der Waals surface area contributed by atoms with Gasteiger partial charge in [-0.25, -0.2) is 4.79 Å². The predicted molar refractivity (Wildman–Crippen MR) is 88.0 cm³/mol. The van der Waals surface area contributed by atoms with Crippen LogP contribution in [0.1, 0.15) is 40.5 Å². The number of nitrogens with one attached hydrogen (secondary N) is 1. The highest BCUT2D eigenvalue weighted by Gasteiger charge is 2.26. The fraction of sp³-hybridized carbons (Fsp3) is 0.933. The Morgan fingerprint density at radius 1 is 1.38 bits per heavy atom. The molecular weight excluding hydrogens is 336 g/mol. The highest BCUT2D eigenvalue weighted by Crippen LogP contribution is 2.16. The van der Waals surface area contributed by atoms with E-state index in [9.17, 15) is 4.79 Å². The van der Waals surface area contributed by atoms with Gasteiger partial charge in [-0.3, -0.25) is 4.90 Å². The lowest BCUT2D eigenvalue weighted by Crippen LogP contribution is -2.51. The monoisotopic (exact) mass is 364 g/mol. The Balaban J connectivity index is 2.56. The van der Waals surface area contributed by atoms with E-state index in [0.717, 1.165) is 45.7 Å². The summed E-state index contributed by atoms with van der Waals surface area (Å²) in [6.45, 7) is 12.0. The number of morpholine rings is 1. The lowest BCUT2D eigenvalue weighted by atomic mass is 10.1. The normalized spacial score (nSPS) is 19.9. The lowest BCUT2D eigenvalue weighted by molar-refractivity contribution is 0.0288. The zero-order valence-electron chi connectivity index (χ0n) is 13.7. The molecule has 0 bridgehead atoms. The Morgan fingerprint density at radius 2 is 2.00 bits per heavy atom. The van der Waals surface area contributed by atoms with E-state index in [1.165, 1.54) is 0 Å². The van der Waals surface area contributed by atoms with Crippen molar-refractivity contribution in [3.05, 3.63) is 0 Å². The topological polar surface area (TPSA) is 50.8 Å². The molecule has 2 atom stereocenters. The number of carbonyl (C=O) groups is 1. The number of hydrogen-bond acceptors (Lipinski definition) is 4. The number of alkyl carbamates (subject to hydrolysis) is 1. The van der Waals surface area contributed by atoms with Crippen molar-refractivity contribution in [1.82, 2.24) is 10.2 Å². The minimum atomic E-state index is -0.472. The molecule has 1 aliphatic rings. The summed E-state index contributed by atoms with van der Waals surface area (Å²) >= 11 is 3.71. The predicted octanol–water partition coefficient (Wildman–Crippen LogP) is 2.78. The van der Waals surface area contributed by atoms with Crippen LogP contribution in [0.3, 0.4) is 0 Å². The van der Waals surface area contributed by atoms with Gasteiger partial charge in [-0.05, 0) is 27.2 Å². The van der Waals surface area contributed by atoms with E-state index < -0.39 is 5.60 Å². The largest absolute Gasteiger partial charge is 0.444 e. The minimum Gasteiger partial charge on any atom is -0.444 e. The van der Waals surface area contributed by atoms with Crippen LogP contribution in [0.15, 0.2) is 0 Å². The van der Waals surface area contributed by atoms with Gasteiger partial charge >= 0.3 is 6.09 Å².